The molecule has 0 aliphatic carbocycles. The minimum absolute atomic E-state index is 0.347. The van der Waals surface area contributed by atoms with Crippen LogP contribution in [-0.2, 0) is 6.42 Å². The molecule has 3 nitrogen and oxygen atoms in total. The SMILES string of the molecule is CCCCCc1cc2sc(C(=O)Oc3ccc(C#N)cc3)cc2s1. The molecule has 0 aliphatic rings. The van der Waals surface area contributed by atoms with Gasteiger partial charge in [-0.1, -0.05) is 19.8 Å². The average Bonchev–Trinajstić information content (AvgIpc) is 3.14. The van der Waals surface area contributed by atoms with Crippen LogP contribution >= 0.6 is 22.7 Å². The number of carbonyl (C=O) groups excluding carboxylic acids is 1. The molecule has 0 bridgehead atoms. The Labute approximate surface area is 149 Å². The first-order valence-electron chi connectivity index (χ1n) is 7.94. The molecule has 0 saturated heterocycles. The number of nitrogens with zero attached hydrogens (tertiary/aromatic N) is 1. The Morgan fingerprint density at radius 3 is 2.54 bits per heavy atom. The third-order valence-corrected chi connectivity index (χ3v) is 6.01. The highest BCUT2D eigenvalue weighted by atomic mass is 32.1. The van der Waals surface area contributed by atoms with E-state index in [4.69, 9.17) is 10.00 Å². The van der Waals surface area contributed by atoms with Crippen LogP contribution in [0.1, 0.15) is 46.3 Å². The molecule has 122 valence electrons. The predicted molar refractivity (Wildman–Crippen MR) is 99.0 cm³/mol. The van der Waals surface area contributed by atoms with Crippen molar-refractivity contribution in [3.05, 3.63) is 51.7 Å². The number of ether oxygens (including phenoxy) is 1. The predicted octanol–water partition coefficient (Wildman–Crippen LogP) is 5.79. The Bertz CT molecular complexity index is 853. The van der Waals surface area contributed by atoms with Gasteiger partial charge in [-0.2, -0.15) is 5.26 Å². The second-order valence-electron chi connectivity index (χ2n) is 5.53. The van der Waals surface area contributed by atoms with Crippen LogP contribution in [0, 0.1) is 11.3 Å². The molecule has 24 heavy (non-hydrogen) atoms. The van der Waals surface area contributed by atoms with Gasteiger partial charge in [0.1, 0.15) is 10.6 Å². The number of benzene rings is 1. The van der Waals surface area contributed by atoms with Crippen LogP contribution in [0.3, 0.4) is 0 Å². The smallest absolute Gasteiger partial charge is 0.353 e. The van der Waals surface area contributed by atoms with Gasteiger partial charge in [-0.3, -0.25) is 0 Å². The van der Waals surface area contributed by atoms with E-state index >= 15 is 0 Å². The van der Waals surface area contributed by atoms with E-state index in [1.807, 2.05) is 12.1 Å². The van der Waals surface area contributed by atoms with Crippen LogP contribution in [0.25, 0.3) is 9.40 Å². The minimum Gasteiger partial charge on any atom is -0.422 e. The first-order chi connectivity index (χ1) is 11.7. The Kier molecular flexibility index (Phi) is 5.29. The fourth-order valence-corrected chi connectivity index (χ4v) is 4.75. The van der Waals surface area contributed by atoms with Crippen LogP contribution in [0.15, 0.2) is 36.4 Å². The molecule has 1 aromatic carbocycles. The first-order valence-corrected chi connectivity index (χ1v) is 9.57. The first kappa shape index (κ1) is 16.7. The van der Waals surface area contributed by atoms with Gasteiger partial charge in [-0.05, 0) is 49.2 Å². The maximum atomic E-state index is 12.3. The van der Waals surface area contributed by atoms with Crippen LogP contribution in [0.5, 0.6) is 5.75 Å². The van der Waals surface area contributed by atoms with Gasteiger partial charge < -0.3 is 4.74 Å². The quantitative estimate of drug-likeness (QED) is 0.319. The van der Waals surface area contributed by atoms with Crippen molar-refractivity contribution in [2.45, 2.75) is 32.6 Å². The number of hydrogen-bond acceptors (Lipinski definition) is 5. The van der Waals surface area contributed by atoms with Crippen LogP contribution in [0.4, 0.5) is 0 Å². The molecule has 3 rings (SSSR count). The number of aryl methyl sites for hydroxylation is 1. The van der Waals surface area contributed by atoms with E-state index in [2.05, 4.69) is 13.0 Å². The van der Waals surface area contributed by atoms with Gasteiger partial charge in [0.15, 0.2) is 0 Å². The summed E-state index contributed by atoms with van der Waals surface area (Å²) in [4.78, 5) is 14.3. The van der Waals surface area contributed by atoms with Gasteiger partial charge in [-0.15, -0.1) is 22.7 Å². The van der Waals surface area contributed by atoms with Crippen LogP contribution in [0.2, 0.25) is 0 Å². The lowest BCUT2D eigenvalue weighted by Crippen LogP contribution is -2.06. The molecule has 3 aromatic rings. The molecule has 0 aliphatic heterocycles. The number of fused-ring (bicyclic) bond motifs is 1. The molecule has 2 aromatic heterocycles. The summed E-state index contributed by atoms with van der Waals surface area (Å²) in [5, 5.41) is 8.78. The Morgan fingerprint density at radius 1 is 1.12 bits per heavy atom. The molecule has 0 fully saturated rings. The summed E-state index contributed by atoms with van der Waals surface area (Å²) in [6.45, 7) is 2.21. The average molecular weight is 355 g/mol. The number of rotatable bonds is 6. The summed E-state index contributed by atoms with van der Waals surface area (Å²) < 4.78 is 7.68. The summed E-state index contributed by atoms with van der Waals surface area (Å²) in [5.41, 5.74) is 0.544. The molecular formula is C19H17NO2S2. The zero-order valence-electron chi connectivity index (χ0n) is 13.4. The van der Waals surface area contributed by atoms with E-state index in [-0.39, 0.29) is 5.97 Å². The van der Waals surface area contributed by atoms with E-state index in [0.717, 1.165) is 15.8 Å². The number of thiophene rings is 2. The van der Waals surface area contributed by atoms with Crippen molar-refractivity contribution < 1.29 is 9.53 Å². The van der Waals surface area contributed by atoms with Crippen molar-refractivity contribution in [2.75, 3.05) is 0 Å². The summed E-state index contributed by atoms with van der Waals surface area (Å²) in [6.07, 6.45) is 4.82. The van der Waals surface area contributed by atoms with Gasteiger partial charge in [-0.25, -0.2) is 4.79 Å². The molecule has 2 heterocycles. The number of carbonyl (C=O) groups is 1. The minimum atomic E-state index is -0.347. The van der Waals surface area contributed by atoms with Gasteiger partial charge in [0, 0.05) is 14.3 Å². The maximum Gasteiger partial charge on any atom is 0.353 e. The fraction of sp³-hybridized carbons (Fsp3) is 0.263. The van der Waals surface area contributed by atoms with Crippen molar-refractivity contribution in [1.29, 1.82) is 5.26 Å². The van der Waals surface area contributed by atoms with Crippen LogP contribution in [-0.4, -0.2) is 5.97 Å². The van der Waals surface area contributed by atoms with Gasteiger partial charge >= 0.3 is 5.97 Å². The lowest BCUT2D eigenvalue weighted by molar-refractivity contribution is 0.0740. The normalized spacial score (nSPS) is 10.7. The monoisotopic (exact) mass is 355 g/mol. The lowest BCUT2D eigenvalue weighted by Gasteiger charge is -2.02. The number of hydrogen-bond donors (Lipinski definition) is 0. The molecule has 0 spiro atoms. The third kappa shape index (κ3) is 3.84. The zero-order chi connectivity index (χ0) is 16.9. The topological polar surface area (TPSA) is 50.1 Å². The molecule has 0 saturated carbocycles. The highest BCUT2D eigenvalue weighted by Gasteiger charge is 2.15. The number of esters is 1. The number of nitriles is 1. The highest BCUT2D eigenvalue weighted by Crippen LogP contribution is 2.34. The largest absolute Gasteiger partial charge is 0.422 e. The Hall–Kier alpha value is -2.16. The molecule has 5 heteroatoms. The molecule has 0 unspecified atom stereocenters. The fourth-order valence-electron chi connectivity index (χ4n) is 2.41. The summed E-state index contributed by atoms with van der Waals surface area (Å²) in [6, 6.07) is 12.7. The van der Waals surface area contributed by atoms with Gasteiger partial charge in [0.05, 0.1) is 11.6 Å². The van der Waals surface area contributed by atoms with E-state index in [1.54, 1.807) is 35.6 Å². The summed E-state index contributed by atoms with van der Waals surface area (Å²) in [5.74, 6) is 0.108. The van der Waals surface area contributed by atoms with E-state index in [1.165, 1.54) is 35.5 Å². The van der Waals surface area contributed by atoms with Crippen LogP contribution < -0.4 is 4.74 Å². The Morgan fingerprint density at radius 2 is 1.88 bits per heavy atom. The summed E-state index contributed by atoms with van der Waals surface area (Å²) >= 11 is 3.24. The van der Waals surface area contributed by atoms with Crippen molar-refractivity contribution >= 4 is 38.0 Å². The molecule has 0 radical (unpaired) electrons. The molecule has 0 atom stereocenters. The highest BCUT2D eigenvalue weighted by molar-refractivity contribution is 7.28. The van der Waals surface area contributed by atoms with E-state index in [0.29, 0.717) is 16.2 Å². The van der Waals surface area contributed by atoms with Crippen molar-refractivity contribution in [3.8, 4) is 11.8 Å². The maximum absolute atomic E-state index is 12.3. The molecule has 0 amide bonds. The van der Waals surface area contributed by atoms with Crippen molar-refractivity contribution in [2.24, 2.45) is 0 Å². The molecular weight excluding hydrogens is 338 g/mol. The van der Waals surface area contributed by atoms with E-state index in [9.17, 15) is 4.79 Å². The number of unbranched alkanes of at least 4 members (excludes halogenated alkanes) is 2. The van der Waals surface area contributed by atoms with Gasteiger partial charge in [0.25, 0.3) is 0 Å². The zero-order valence-corrected chi connectivity index (χ0v) is 15.0. The second kappa shape index (κ2) is 7.61. The van der Waals surface area contributed by atoms with Crippen molar-refractivity contribution in [3.63, 3.8) is 0 Å². The standard InChI is InChI=1S/C19H17NO2S2/c1-2-3-4-5-15-10-16-17(23-15)11-18(24-16)19(21)22-14-8-6-13(12-20)7-9-14/h6-11H,2-5H2,1H3. The third-order valence-electron chi connectivity index (χ3n) is 3.68. The second-order valence-corrected chi connectivity index (χ2v) is 7.79. The van der Waals surface area contributed by atoms with Gasteiger partial charge in [0.2, 0.25) is 0 Å². The summed E-state index contributed by atoms with van der Waals surface area (Å²) in [7, 11) is 0. The Balaban J connectivity index is 1.68. The molecule has 0 N–H and O–H groups in total. The lowest BCUT2D eigenvalue weighted by atomic mass is 10.2. The van der Waals surface area contributed by atoms with E-state index < -0.39 is 0 Å². The van der Waals surface area contributed by atoms with Crippen molar-refractivity contribution in [1.82, 2.24) is 0 Å².